The second-order valence-corrected chi connectivity index (χ2v) is 8.23. The maximum Gasteiger partial charge on any atom is 0.253 e. The maximum atomic E-state index is 12.9. The van der Waals surface area contributed by atoms with Gasteiger partial charge >= 0.3 is 0 Å². The number of aromatic nitrogens is 3. The van der Waals surface area contributed by atoms with Gasteiger partial charge in [0.1, 0.15) is 5.52 Å². The predicted octanol–water partition coefficient (Wildman–Crippen LogP) is 2.94. The van der Waals surface area contributed by atoms with Gasteiger partial charge in [0, 0.05) is 32.1 Å². The zero-order chi connectivity index (χ0) is 20.4. The van der Waals surface area contributed by atoms with Crippen molar-refractivity contribution in [3.8, 4) is 0 Å². The fraction of sp³-hybridized carbons (Fsp3) is 0.435. The van der Waals surface area contributed by atoms with E-state index in [-0.39, 0.29) is 17.6 Å². The number of benzene rings is 1. The number of carbonyl (C=O) groups excluding carboxylic acids is 1. The van der Waals surface area contributed by atoms with Crippen molar-refractivity contribution >= 4 is 17.1 Å². The number of pyridine rings is 1. The minimum atomic E-state index is -0.146. The molecule has 1 N–H and O–H groups in total. The molecule has 1 amide bonds. The molecule has 0 radical (unpaired) electrons. The first kappa shape index (κ1) is 19.2. The summed E-state index contributed by atoms with van der Waals surface area (Å²) in [4.78, 5) is 21.9. The van der Waals surface area contributed by atoms with E-state index in [0.29, 0.717) is 18.7 Å². The molecule has 7 heteroatoms. The largest absolute Gasteiger partial charge is 0.381 e. The zero-order valence-electron chi connectivity index (χ0n) is 16.9. The minimum Gasteiger partial charge on any atom is -0.381 e. The van der Waals surface area contributed by atoms with Gasteiger partial charge in [-0.1, -0.05) is 30.3 Å². The van der Waals surface area contributed by atoms with Crippen LogP contribution in [-0.2, 0) is 16.0 Å². The Kier molecular flexibility index (Phi) is 5.23. The molecule has 2 aliphatic heterocycles. The van der Waals surface area contributed by atoms with E-state index in [1.54, 1.807) is 12.5 Å². The molecule has 156 valence electrons. The van der Waals surface area contributed by atoms with Crippen molar-refractivity contribution in [1.29, 1.82) is 0 Å². The van der Waals surface area contributed by atoms with Gasteiger partial charge in [-0.25, -0.2) is 9.97 Å². The summed E-state index contributed by atoms with van der Waals surface area (Å²) in [6, 6.07) is 12.1. The number of fused-ring (bicyclic) bond motifs is 1. The van der Waals surface area contributed by atoms with Gasteiger partial charge in [-0.05, 0) is 37.3 Å². The van der Waals surface area contributed by atoms with Crippen LogP contribution in [0.5, 0.6) is 0 Å². The number of imidazole rings is 1. The Morgan fingerprint density at radius 2 is 2.00 bits per heavy atom. The molecule has 0 aliphatic carbocycles. The maximum absolute atomic E-state index is 12.9. The molecular formula is C23H26N4O3. The van der Waals surface area contributed by atoms with E-state index in [1.807, 2.05) is 28.8 Å². The van der Waals surface area contributed by atoms with Gasteiger partial charge in [0.15, 0.2) is 5.65 Å². The van der Waals surface area contributed by atoms with E-state index in [0.717, 1.165) is 50.1 Å². The van der Waals surface area contributed by atoms with Gasteiger partial charge in [0.2, 0.25) is 0 Å². The molecule has 0 saturated carbocycles. The lowest BCUT2D eigenvalue weighted by molar-refractivity contribution is -0.139. The van der Waals surface area contributed by atoms with Crippen molar-refractivity contribution in [3.63, 3.8) is 0 Å². The standard InChI is InChI=1S/C23H26N4O3/c28-22(26-19-6-9-30-23(13-19)7-10-29-11-8-23)18-12-20-21(24-14-18)27(16-25-20)15-17-4-2-1-3-5-17/h1-5,12,14,16,19H,6-11,13,15H2,(H,26,28). The highest BCUT2D eigenvalue weighted by atomic mass is 16.5. The molecule has 3 aromatic rings. The quantitative estimate of drug-likeness (QED) is 0.721. The SMILES string of the molecule is O=C(NC1CCOC2(CCOCC2)C1)c1cnc2c(c1)ncn2Cc1ccccc1. The second-order valence-electron chi connectivity index (χ2n) is 8.23. The average molecular weight is 406 g/mol. The van der Waals surface area contributed by atoms with Gasteiger partial charge in [-0.3, -0.25) is 4.79 Å². The van der Waals surface area contributed by atoms with Crippen LogP contribution in [0.25, 0.3) is 11.2 Å². The molecule has 2 aromatic heterocycles. The number of amides is 1. The third-order valence-corrected chi connectivity index (χ3v) is 6.15. The summed E-state index contributed by atoms with van der Waals surface area (Å²) >= 11 is 0. The molecule has 2 fully saturated rings. The first-order valence-electron chi connectivity index (χ1n) is 10.6. The van der Waals surface area contributed by atoms with Crippen molar-refractivity contribution in [3.05, 3.63) is 60.0 Å². The average Bonchev–Trinajstić information content (AvgIpc) is 3.17. The highest BCUT2D eigenvalue weighted by molar-refractivity contribution is 5.96. The van der Waals surface area contributed by atoms with Gasteiger partial charge in [-0.15, -0.1) is 0 Å². The Labute approximate surface area is 175 Å². The fourth-order valence-electron chi connectivity index (χ4n) is 4.48. The van der Waals surface area contributed by atoms with Crippen molar-refractivity contribution in [2.24, 2.45) is 0 Å². The first-order valence-corrected chi connectivity index (χ1v) is 10.6. The molecular weight excluding hydrogens is 380 g/mol. The summed E-state index contributed by atoms with van der Waals surface area (Å²) in [7, 11) is 0. The highest BCUT2D eigenvalue weighted by Gasteiger charge is 2.39. The summed E-state index contributed by atoms with van der Waals surface area (Å²) in [5.74, 6) is -0.101. The van der Waals surface area contributed by atoms with Crippen LogP contribution in [-0.4, -0.2) is 51.9 Å². The molecule has 5 rings (SSSR count). The van der Waals surface area contributed by atoms with Crippen molar-refractivity contribution < 1.29 is 14.3 Å². The molecule has 4 heterocycles. The Morgan fingerprint density at radius 3 is 2.83 bits per heavy atom. The Hall–Kier alpha value is -2.77. The molecule has 1 unspecified atom stereocenters. The first-order chi connectivity index (χ1) is 14.7. The Bertz CT molecular complexity index is 1020. The summed E-state index contributed by atoms with van der Waals surface area (Å²) in [5.41, 5.74) is 3.09. The lowest BCUT2D eigenvalue weighted by Crippen LogP contribution is -2.51. The van der Waals surface area contributed by atoms with Crippen LogP contribution in [0.2, 0.25) is 0 Å². The van der Waals surface area contributed by atoms with E-state index >= 15 is 0 Å². The number of rotatable bonds is 4. The van der Waals surface area contributed by atoms with E-state index in [9.17, 15) is 4.79 Å². The van der Waals surface area contributed by atoms with Crippen LogP contribution in [0.4, 0.5) is 0 Å². The number of nitrogens with one attached hydrogen (secondary N) is 1. The van der Waals surface area contributed by atoms with Gasteiger partial charge < -0.3 is 19.4 Å². The molecule has 1 atom stereocenters. The van der Waals surface area contributed by atoms with Crippen molar-refractivity contribution in [1.82, 2.24) is 19.9 Å². The van der Waals surface area contributed by atoms with Crippen molar-refractivity contribution in [2.75, 3.05) is 19.8 Å². The van der Waals surface area contributed by atoms with Gasteiger partial charge in [0.05, 0.1) is 24.0 Å². The lowest BCUT2D eigenvalue weighted by Gasteiger charge is -2.43. The lowest BCUT2D eigenvalue weighted by atomic mass is 9.84. The summed E-state index contributed by atoms with van der Waals surface area (Å²) in [6.45, 7) is 2.83. The minimum absolute atomic E-state index is 0.101. The van der Waals surface area contributed by atoms with Crippen LogP contribution in [0.3, 0.4) is 0 Å². The molecule has 2 aliphatic rings. The summed E-state index contributed by atoms with van der Waals surface area (Å²) in [5, 5.41) is 3.18. The second kappa shape index (κ2) is 8.16. The normalized spacial score (nSPS) is 21.0. The molecule has 1 aromatic carbocycles. The number of carbonyl (C=O) groups is 1. The van der Waals surface area contributed by atoms with Crippen LogP contribution >= 0.6 is 0 Å². The molecule has 0 bridgehead atoms. The van der Waals surface area contributed by atoms with Crippen LogP contribution in [0.15, 0.2) is 48.9 Å². The Balaban J connectivity index is 1.28. The smallest absolute Gasteiger partial charge is 0.253 e. The number of hydrogen-bond acceptors (Lipinski definition) is 5. The summed E-state index contributed by atoms with van der Waals surface area (Å²) < 4.78 is 13.6. The van der Waals surface area contributed by atoms with Crippen LogP contribution in [0.1, 0.15) is 41.6 Å². The van der Waals surface area contributed by atoms with Crippen LogP contribution in [0, 0.1) is 0 Å². The molecule has 2 saturated heterocycles. The van der Waals surface area contributed by atoms with Crippen LogP contribution < -0.4 is 5.32 Å². The topological polar surface area (TPSA) is 78.3 Å². The van der Waals surface area contributed by atoms with E-state index in [4.69, 9.17) is 9.47 Å². The number of nitrogens with zero attached hydrogens (tertiary/aromatic N) is 3. The van der Waals surface area contributed by atoms with E-state index in [2.05, 4.69) is 27.4 Å². The monoisotopic (exact) mass is 406 g/mol. The number of hydrogen-bond donors (Lipinski definition) is 1. The Morgan fingerprint density at radius 1 is 1.17 bits per heavy atom. The summed E-state index contributed by atoms with van der Waals surface area (Å²) in [6.07, 6.45) is 6.88. The third-order valence-electron chi connectivity index (χ3n) is 6.15. The molecule has 7 nitrogen and oxygen atoms in total. The van der Waals surface area contributed by atoms with E-state index in [1.165, 1.54) is 5.56 Å². The number of ether oxygens (including phenoxy) is 2. The third kappa shape index (κ3) is 3.95. The molecule has 30 heavy (non-hydrogen) atoms. The molecule has 1 spiro atoms. The van der Waals surface area contributed by atoms with Crippen molar-refractivity contribution in [2.45, 2.75) is 43.9 Å². The fourth-order valence-corrected chi connectivity index (χ4v) is 4.48. The van der Waals surface area contributed by atoms with E-state index < -0.39 is 0 Å². The zero-order valence-corrected chi connectivity index (χ0v) is 16.9. The van der Waals surface area contributed by atoms with Gasteiger partial charge in [-0.2, -0.15) is 0 Å². The predicted molar refractivity (Wildman–Crippen MR) is 112 cm³/mol. The highest BCUT2D eigenvalue weighted by Crippen LogP contribution is 2.34. The van der Waals surface area contributed by atoms with Gasteiger partial charge in [0.25, 0.3) is 5.91 Å².